The average Bonchev–Trinajstić information content (AvgIpc) is 2.62. The molecule has 1 heterocycles. The summed E-state index contributed by atoms with van der Waals surface area (Å²) in [6.45, 7) is 1.50. The molecule has 0 radical (unpaired) electrons. The fraction of sp³-hybridized carbons (Fsp3) is 0.273. The standard InChI is InChI=1S/C11H15N5S/c1-15(7-9-5-3-2-4-6-9)8-10-13-14-11(17)16(10)12/h2-6H,7-8,12H2,1H3,(H,14,17). The number of nitrogens with one attached hydrogen (secondary N) is 1. The van der Waals surface area contributed by atoms with Crippen LogP contribution in [0.15, 0.2) is 30.3 Å². The summed E-state index contributed by atoms with van der Waals surface area (Å²) in [6, 6.07) is 10.3. The highest BCUT2D eigenvalue weighted by atomic mass is 32.1. The Kier molecular flexibility index (Phi) is 3.55. The molecule has 3 N–H and O–H groups in total. The number of nitrogen functional groups attached to an aromatic ring is 1. The van der Waals surface area contributed by atoms with E-state index in [0.717, 1.165) is 12.4 Å². The minimum absolute atomic E-state index is 0.438. The highest BCUT2D eigenvalue weighted by Crippen LogP contribution is 2.05. The lowest BCUT2D eigenvalue weighted by atomic mass is 10.2. The van der Waals surface area contributed by atoms with Gasteiger partial charge < -0.3 is 5.84 Å². The van der Waals surface area contributed by atoms with Crippen LogP contribution in [0.5, 0.6) is 0 Å². The van der Waals surface area contributed by atoms with Crippen molar-refractivity contribution in [1.82, 2.24) is 19.8 Å². The van der Waals surface area contributed by atoms with Crippen LogP contribution in [0.1, 0.15) is 11.4 Å². The van der Waals surface area contributed by atoms with Crippen LogP contribution in [-0.4, -0.2) is 26.8 Å². The van der Waals surface area contributed by atoms with Gasteiger partial charge in [0.15, 0.2) is 5.82 Å². The van der Waals surface area contributed by atoms with Gasteiger partial charge in [-0.1, -0.05) is 30.3 Å². The van der Waals surface area contributed by atoms with Gasteiger partial charge >= 0.3 is 0 Å². The van der Waals surface area contributed by atoms with Gasteiger partial charge in [-0.25, -0.2) is 4.68 Å². The van der Waals surface area contributed by atoms with Crippen LogP contribution in [0, 0.1) is 4.77 Å². The third-order valence-corrected chi connectivity index (χ3v) is 2.77. The highest BCUT2D eigenvalue weighted by Gasteiger charge is 2.07. The van der Waals surface area contributed by atoms with Gasteiger partial charge in [0.2, 0.25) is 4.77 Å². The molecule has 2 aromatic rings. The van der Waals surface area contributed by atoms with Crippen LogP contribution in [-0.2, 0) is 13.1 Å². The molecule has 2 rings (SSSR count). The van der Waals surface area contributed by atoms with Crippen molar-refractivity contribution < 1.29 is 0 Å². The first-order valence-electron chi connectivity index (χ1n) is 5.30. The van der Waals surface area contributed by atoms with Crippen molar-refractivity contribution >= 4 is 12.2 Å². The second-order valence-electron chi connectivity index (χ2n) is 3.97. The molecule has 0 saturated carbocycles. The maximum absolute atomic E-state index is 5.74. The van der Waals surface area contributed by atoms with Crippen molar-refractivity contribution in [3.8, 4) is 0 Å². The Morgan fingerprint density at radius 3 is 2.65 bits per heavy atom. The average molecular weight is 249 g/mol. The van der Waals surface area contributed by atoms with E-state index in [1.54, 1.807) is 0 Å². The van der Waals surface area contributed by atoms with E-state index in [-0.39, 0.29) is 0 Å². The maximum Gasteiger partial charge on any atom is 0.214 e. The first kappa shape index (κ1) is 11.8. The normalized spacial score (nSPS) is 10.9. The number of nitrogens with zero attached hydrogens (tertiary/aromatic N) is 3. The van der Waals surface area contributed by atoms with Crippen LogP contribution in [0.3, 0.4) is 0 Å². The van der Waals surface area contributed by atoms with E-state index < -0.39 is 0 Å². The molecule has 90 valence electrons. The fourth-order valence-corrected chi connectivity index (χ4v) is 1.79. The molecule has 1 aromatic heterocycles. The molecule has 0 spiro atoms. The SMILES string of the molecule is CN(Cc1ccccc1)Cc1n[nH]c(=S)n1N. The largest absolute Gasteiger partial charge is 0.335 e. The van der Waals surface area contributed by atoms with Gasteiger partial charge in [0.1, 0.15) is 0 Å². The van der Waals surface area contributed by atoms with Crippen LogP contribution < -0.4 is 5.84 Å². The number of hydrogen-bond acceptors (Lipinski definition) is 4. The Morgan fingerprint density at radius 2 is 2.06 bits per heavy atom. The molecule has 0 aliphatic rings. The van der Waals surface area contributed by atoms with Crippen LogP contribution in [0.2, 0.25) is 0 Å². The fourth-order valence-electron chi connectivity index (χ4n) is 1.64. The summed E-state index contributed by atoms with van der Waals surface area (Å²) in [7, 11) is 2.02. The molecule has 0 fully saturated rings. The van der Waals surface area contributed by atoms with Gasteiger partial charge in [-0.2, -0.15) is 5.10 Å². The number of hydrogen-bond donors (Lipinski definition) is 2. The second-order valence-corrected chi connectivity index (χ2v) is 4.36. The Labute approximate surface area is 105 Å². The van der Waals surface area contributed by atoms with E-state index in [4.69, 9.17) is 18.1 Å². The van der Waals surface area contributed by atoms with Crippen LogP contribution >= 0.6 is 12.2 Å². The minimum Gasteiger partial charge on any atom is -0.335 e. The van der Waals surface area contributed by atoms with Gasteiger partial charge in [0.05, 0.1) is 6.54 Å². The predicted octanol–water partition coefficient (Wildman–Crippen LogP) is 1.29. The number of aromatic amines is 1. The Hall–Kier alpha value is -1.66. The van der Waals surface area contributed by atoms with E-state index in [2.05, 4.69) is 27.2 Å². The zero-order valence-electron chi connectivity index (χ0n) is 9.63. The molecule has 0 aliphatic heterocycles. The zero-order chi connectivity index (χ0) is 12.3. The monoisotopic (exact) mass is 249 g/mol. The summed E-state index contributed by atoms with van der Waals surface area (Å²) >= 11 is 4.96. The van der Waals surface area contributed by atoms with E-state index in [1.807, 2.05) is 25.2 Å². The summed E-state index contributed by atoms with van der Waals surface area (Å²) in [5, 5.41) is 6.75. The molecule has 0 atom stereocenters. The molecule has 6 heteroatoms. The van der Waals surface area contributed by atoms with Crippen LogP contribution in [0.25, 0.3) is 0 Å². The van der Waals surface area contributed by atoms with Crippen molar-refractivity contribution in [3.05, 3.63) is 46.5 Å². The van der Waals surface area contributed by atoms with Crippen molar-refractivity contribution in [1.29, 1.82) is 0 Å². The molecule has 0 bridgehead atoms. The van der Waals surface area contributed by atoms with E-state index in [9.17, 15) is 0 Å². The molecular weight excluding hydrogens is 234 g/mol. The van der Waals surface area contributed by atoms with Gasteiger partial charge in [0.25, 0.3) is 0 Å². The summed E-state index contributed by atoms with van der Waals surface area (Å²) in [4.78, 5) is 2.13. The maximum atomic E-state index is 5.74. The van der Waals surface area contributed by atoms with E-state index in [1.165, 1.54) is 10.2 Å². The second kappa shape index (κ2) is 5.11. The lowest BCUT2D eigenvalue weighted by Crippen LogP contribution is -2.22. The molecule has 1 aromatic carbocycles. The third-order valence-electron chi connectivity index (χ3n) is 2.48. The van der Waals surface area contributed by atoms with E-state index in [0.29, 0.717) is 11.3 Å². The molecule has 17 heavy (non-hydrogen) atoms. The number of rotatable bonds is 4. The number of benzene rings is 1. The number of aromatic nitrogens is 3. The van der Waals surface area contributed by atoms with Gasteiger partial charge in [-0.15, -0.1) is 0 Å². The molecule has 0 amide bonds. The van der Waals surface area contributed by atoms with Crippen molar-refractivity contribution in [2.45, 2.75) is 13.1 Å². The smallest absolute Gasteiger partial charge is 0.214 e. The van der Waals surface area contributed by atoms with Gasteiger partial charge in [0, 0.05) is 6.54 Å². The van der Waals surface area contributed by atoms with Gasteiger partial charge in [-0.05, 0) is 24.8 Å². The van der Waals surface area contributed by atoms with E-state index >= 15 is 0 Å². The summed E-state index contributed by atoms with van der Waals surface area (Å²) in [5.41, 5.74) is 1.26. The third kappa shape index (κ3) is 2.92. The summed E-state index contributed by atoms with van der Waals surface area (Å²) in [6.07, 6.45) is 0. The molecule has 0 unspecified atom stereocenters. The topological polar surface area (TPSA) is 62.9 Å². The Morgan fingerprint density at radius 1 is 1.35 bits per heavy atom. The lowest BCUT2D eigenvalue weighted by Gasteiger charge is -2.15. The van der Waals surface area contributed by atoms with Gasteiger partial charge in [-0.3, -0.25) is 10.00 Å². The Balaban J connectivity index is 2.00. The summed E-state index contributed by atoms with van der Waals surface area (Å²) < 4.78 is 1.84. The number of nitrogens with two attached hydrogens (primary N) is 1. The first-order valence-corrected chi connectivity index (χ1v) is 5.71. The molecular formula is C11H15N5S. The quantitative estimate of drug-likeness (QED) is 0.633. The molecule has 0 aliphatic carbocycles. The van der Waals surface area contributed by atoms with Crippen LogP contribution in [0.4, 0.5) is 0 Å². The minimum atomic E-state index is 0.438. The highest BCUT2D eigenvalue weighted by molar-refractivity contribution is 7.71. The van der Waals surface area contributed by atoms with Crippen molar-refractivity contribution in [2.24, 2.45) is 0 Å². The summed E-state index contributed by atoms with van der Waals surface area (Å²) in [5.74, 6) is 6.47. The molecule has 0 saturated heterocycles. The number of H-pyrrole nitrogens is 1. The van der Waals surface area contributed by atoms with Crippen molar-refractivity contribution in [3.63, 3.8) is 0 Å². The first-order chi connectivity index (χ1) is 8.16. The van der Waals surface area contributed by atoms with Crippen molar-refractivity contribution in [2.75, 3.05) is 12.9 Å². The molecule has 5 nitrogen and oxygen atoms in total. The lowest BCUT2D eigenvalue weighted by molar-refractivity contribution is 0.307. The zero-order valence-corrected chi connectivity index (χ0v) is 10.4. The Bertz CT molecular complexity index is 530. The predicted molar refractivity (Wildman–Crippen MR) is 69.2 cm³/mol.